The lowest BCUT2D eigenvalue weighted by Gasteiger charge is -2.28. The van der Waals surface area contributed by atoms with Gasteiger partial charge in [0.05, 0.1) is 12.3 Å². The lowest BCUT2D eigenvalue weighted by Crippen LogP contribution is -2.45. The molecule has 0 aliphatic carbocycles. The van der Waals surface area contributed by atoms with E-state index in [1.165, 1.54) is 12.3 Å². The first-order valence-electron chi connectivity index (χ1n) is 10.7. The zero-order chi connectivity index (χ0) is 22.5. The molecule has 0 aliphatic rings. The zero-order valence-electron chi connectivity index (χ0n) is 18.2. The maximum absolute atomic E-state index is 13.7. The second-order valence-corrected chi connectivity index (χ2v) is 7.11. The Labute approximate surface area is 183 Å². The van der Waals surface area contributed by atoms with Gasteiger partial charge in [-0.3, -0.25) is 14.5 Å². The van der Waals surface area contributed by atoms with Crippen molar-refractivity contribution >= 4 is 18.0 Å². The molecule has 0 fully saturated rings. The third-order valence-corrected chi connectivity index (χ3v) is 5.07. The molecule has 0 radical (unpaired) electrons. The van der Waals surface area contributed by atoms with Crippen LogP contribution in [0.3, 0.4) is 0 Å². The summed E-state index contributed by atoms with van der Waals surface area (Å²) >= 11 is 0. The van der Waals surface area contributed by atoms with E-state index in [4.69, 9.17) is 0 Å². The number of nitrogens with zero attached hydrogens (tertiary/aromatic N) is 2. The summed E-state index contributed by atoms with van der Waals surface area (Å²) in [5.41, 5.74) is 3.49. The van der Waals surface area contributed by atoms with E-state index < -0.39 is 5.82 Å². The summed E-state index contributed by atoms with van der Waals surface area (Å²) in [7, 11) is 0. The van der Waals surface area contributed by atoms with Gasteiger partial charge >= 0.3 is 0 Å². The quantitative estimate of drug-likeness (QED) is 0.309. The average Bonchev–Trinajstić information content (AvgIpc) is 2.80. The lowest BCUT2D eigenvalue weighted by atomic mass is 10.1. The highest BCUT2D eigenvalue weighted by Gasteiger charge is 2.23. The van der Waals surface area contributed by atoms with Crippen molar-refractivity contribution in [3.8, 4) is 0 Å². The predicted octanol–water partition coefficient (Wildman–Crippen LogP) is 3.59. The first kappa shape index (κ1) is 24.2. The number of nitrogens with one attached hydrogen (secondary N) is 2. The number of halogens is 1. The number of hydrogen-bond donors (Lipinski definition) is 2. The maximum Gasteiger partial charge on any atom is 0.257 e. The average molecular weight is 427 g/mol. The fraction of sp³-hybridized carbons (Fsp3) is 0.375. The van der Waals surface area contributed by atoms with Crippen LogP contribution in [0.25, 0.3) is 0 Å². The van der Waals surface area contributed by atoms with Gasteiger partial charge in [0.2, 0.25) is 0 Å². The molecule has 0 heterocycles. The first-order valence-corrected chi connectivity index (χ1v) is 10.7. The molecule has 0 bridgehead atoms. The van der Waals surface area contributed by atoms with Gasteiger partial charge in [0.25, 0.3) is 11.8 Å². The van der Waals surface area contributed by atoms with Gasteiger partial charge in [-0.15, -0.1) is 0 Å². The van der Waals surface area contributed by atoms with Crippen LogP contribution in [0.4, 0.5) is 4.39 Å². The second kappa shape index (κ2) is 13.3. The molecule has 2 aromatic carbocycles. The maximum atomic E-state index is 13.7. The summed E-state index contributed by atoms with van der Waals surface area (Å²) in [5, 5.41) is 6.83. The molecule has 0 saturated heterocycles. The van der Waals surface area contributed by atoms with Crippen molar-refractivity contribution < 1.29 is 14.0 Å². The third-order valence-electron chi connectivity index (χ3n) is 5.07. The lowest BCUT2D eigenvalue weighted by molar-refractivity contribution is -0.126. The SMILES string of the molecule is CCN(CC)C(CCCCNC(=O)c1ccccc1)C(=O)NN=Cc1ccccc1F. The molecule has 166 valence electrons. The number of likely N-dealkylation sites (N-methyl/N-ethyl adjacent to an activating group) is 1. The molecular formula is C24H31FN4O2. The van der Waals surface area contributed by atoms with Crippen LogP contribution in [0.15, 0.2) is 59.7 Å². The summed E-state index contributed by atoms with van der Waals surface area (Å²) in [6.07, 6.45) is 3.50. The van der Waals surface area contributed by atoms with Gasteiger partial charge in [0.15, 0.2) is 0 Å². The Morgan fingerprint density at radius 1 is 1.03 bits per heavy atom. The molecule has 0 saturated carbocycles. The summed E-state index contributed by atoms with van der Waals surface area (Å²) in [6, 6.07) is 15.0. The molecule has 2 aromatic rings. The molecule has 1 unspecified atom stereocenters. The molecule has 2 amide bonds. The Kier molecular flexibility index (Phi) is 10.4. The van der Waals surface area contributed by atoms with Crippen LogP contribution in [-0.4, -0.2) is 48.6 Å². The van der Waals surface area contributed by atoms with E-state index in [0.717, 1.165) is 25.9 Å². The van der Waals surface area contributed by atoms with E-state index in [2.05, 4.69) is 20.7 Å². The van der Waals surface area contributed by atoms with Crippen molar-refractivity contribution in [2.45, 2.75) is 39.2 Å². The minimum Gasteiger partial charge on any atom is -0.352 e. The molecule has 0 spiro atoms. The Bertz CT molecular complexity index is 854. The largest absolute Gasteiger partial charge is 0.352 e. The van der Waals surface area contributed by atoms with Crippen LogP contribution >= 0.6 is 0 Å². The Morgan fingerprint density at radius 2 is 1.71 bits per heavy atom. The van der Waals surface area contributed by atoms with Gasteiger partial charge in [0, 0.05) is 17.7 Å². The summed E-state index contributed by atoms with van der Waals surface area (Å²) < 4.78 is 13.7. The molecular weight excluding hydrogens is 395 g/mol. The number of benzene rings is 2. The van der Waals surface area contributed by atoms with E-state index in [1.54, 1.807) is 30.3 Å². The van der Waals surface area contributed by atoms with E-state index in [9.17, 15) is 14.0 Å². The normalized spacial score (nSPS) is 12.1. The second-order valence-electron chi connectivity index (χ2n) is 7.11. The van der Waals surface area contributed by atoms with E-state index in [0.29, 0.717) is 24.1 Å². The van der Waals surface area contributed by atoms with E-state index in [1.807, 2.05) is 32.0 Å². The molecule has 1 atom stereocenters. The van der Waals surface area contributed by atoms with Crippen LogP contribution in [0.2, 0.25) is 0 Å². The van der Waals surface area contributed by atoms with Crippen LogP contribution in [0.1, 0.15) is 49.0 Å². The van der Waals surface area contributed by atoms with Crippen molar-refractivity contribution in [1.29, 1.82) is 0 Å². The molecule has 0 aromatic heterocycles. The van der Waals surface area contributed by atoms with Gasteiger partial charge in [-0.1, -0.05) is 50.2 Å². The molecule has 2 N–H and O–H groups in total. The third kappa shape index (κ3) is 7.94. The Balaban J connectivity index is 1.83. The summed E-state index contributed by atoms with van der Waals surface area (Å²) in [5.74, 6) is -0.705. The van der Waals surface area contributed by atoms with Crippen LogP contribution < -0.4 is 10.7 Å². The summed E-state index contributed by atoms with van der Waals surface area (Å²) in [6.45, 7) is 6.03. The van der Waals surface area contributed by atoms with Crippen LogP contribution in [-0.2, 0) is 4.79 Å². The Hall–Kier alpha value is -3.06. The van der Waals surface area contributed by atoms with Crippen molar-refractivity contribution in [2.24, 2.45) is 5.10 Å². The zero-order valence-corrected chi connectivity index (χ0v) is 18.2. The smallest absolute Gasteiger partial charge is 0.257 e. The predicted molar refractivity (Wildman–Crippen MR) is 121 cm³/mol. The van der Waals surface area contributed by atoms with Gasteiger partial charge in [-0.05, 0) is 50.6 Å². The van der Waals surface area contributed by atoms with Gasteiger partial charge in [-0.2, -0.15) is 5.10 Å². The minimum atomic E-state index is -0.390. The van der Waals surface area contributed by atoms with Crippen LogP contribution in [0, 0.1) is 5.82 Å². The number of unbranched alkanes of at least 4 members (excludes halogenated alkanes) is 1. The van der Waals surface area contributed by atoms with E-state index in [-0.39, 0.29) is 17.9 Å². The van der Waals surface area contributed by atoms with Crippen molar-refractivity contribution in [3.63, 3.8) is 0 Å². The number of hydrazone groups is 1. The highest BCUT2D eigenvalue weighted by Crippen LogP contribution is 2.10. The number of hydrogen-bond acceptors (Lipinski definition) is 4. The number of amides is 2. The highest BCUT2D eigenvalue weighted by atomic mass is 19.1. The molecule has 2 rings (SSSR count). The van der Waals surface area contributed by atoms with Crippen LogP contribution in [0.5, 0.6) is 0 Å². The Morgan fingerprint density at radius 3 is 2.39 bits per heavy atom. The molecule has 31 heavy (non-hydrogen) atoms. The molecule has 0 aliphatic heterocycles. The fourth-order valence-electron chi connectivity index (χ4n) is 3.32. The molecule has 6 nitrogen and oxygen atoms in total. The van der Waals surface area contributed by atoms with E-state index >= 15 is 0 Å². The van der Waals surface area contributed by atoms with Gasteiger partial charge in [-0.25, -0.2) is 9.82 Å². The van der Waals surface area contributed by atoms with Crippen molar-refractivity contribution in [1.82, 2.24) is 15.6 Å². The molecule has 7 heteroatoms. The number of carbonyl (C=O) groups excluding carboxylic acids is 2. The topological polar surface area (TPSA) is 73.8 Å². The number of rotatable bonds is 12. The monoisotopic (exact) mass is 426 g/mol. The van der Waals surface area contributed by atoms with Gasteiger partial charge < -0.3 is 5.32 Å². The fourth-order valence-corrected chi connectivity index (χ4v) is 3.32. The minimum absolute atomic E-state index is 0.0962. The number of carbonyl (C=O) groups is 2. The van der Waals surface area contributed by atoms with Gasteiger partial charge in [0.1, 0.15) is 5.82 Å². The van der Waals surface area contributed by atoms with Crippen molar-refractivity contribution in [2.75, 3.05) is 19.6 Å². The highest BCUT2D eigenvalue weighted by molar-refractivity contribution is 5.94. The first-order chi connectivity index (χ1) is 15.1. The van der Waals surface area contributed by atoms with Crippen molar-refractivity contribution in [3.05, 3.63) is 71.5 Å². The standard InChI is InChI=1S/C24H31FN4O2/c1-3-29(4-2)22(24(31)28-27-18-20-14-8-9-15-21(20)25)16-10-11-17-26-23(30)19-12-6-5-7-13-19/h5-9,12-15,18,22H,3-4,10-11,16-17H2,1-2H3,(H,26,30)(H,28,31). The summed E-state index contributed by atoms with van der Waals surface area (Å²) in [4.78, 5) is 26.9.